The molecule has 0 atom stereocenters. The van der Waals surface area contributed by atoms with Crippen LogP contribution in [0.2, 0.25) is 5.02 Å². The molecule has 4 heteroatoms. The van der Waals surface area contributed by atoms with Gasteiger partial charge < -0.3 is 10.5 Å². The van der Waals surface area contributed by atoms with Crippen LogP contribution in [0.5, 0.6) is 5.75 Å². The summed E-state index contributed by atoms with van der Waals surface area (Å²) in [5.74, 6) is 0.701. The highest BCUT2D eigenvalue weighted by atomic mass is 35.5. The van der Waals surface area contributed by atoms with Gasteiger partial charge in [-0.1, -0.05) is 11.6 Å². The van der Waals surface area contributed by atoms with E-state index in [-0.39, 0.29) is 0 Å². The Labute approximate surface area is 84.9 Å². The highest BCUT2D eigenvalue weighted by Gasteiger charge is 2.10. The summed E-state index contributed by atoms with van der Waals surface area (Å²) >= 11 is 7.55. The van der Waals surface area contributed by atoms with Gasteiger partial charge in [-0.25, -0.2) is 0 Å². The van der Waals surface area contributed by atoms with Crippen molar-refractivity contribution in [3.63, 3.8) is 0 Å². The quantitative estimate of drug-likeness (QED) is 0.739. The van der Waals surface area contributed by atoms with Gasteiger partial charge in [-0.15, -0.1) is 11.3 Å². The molecule has 0 aliphatic heterocycles. The minimum atomic E-state index is 0.561. The minimum Gasteiger partial charge on any atom is -0.495 e. The van der Waals surface area contributed by atoms with Gasteiger partial charge in [0, 0.05) is 5.39 Å². The number of hydrogen-bond donors (Lipinski definition) is 1. The first-order chi connectivity index (χ1) is 6.24. The zero-order chi connectivity index (χ0) is 9.42. The molecule has 0 bridgehead atoms. The normalized spacial score (nSPS) is 10.6. The lowest BCUT2D eigenvalue weighted by Crippen LogP contribution is -1.89. The van der Waals surface area contributed by atoms with Crippen molar-refractivity contribution < 1.29 is 4.74 Å². The van der Waals surface area contributed by atoms with Gasteiger partial charge in [-0.05, 0) is 17.5 Å². The van der Waals surface area contributed by atoms with Gasteiger partial charge in [0.15, 0.2) is 0 Å². The first-order valence-electron chi connectivity index (χ1n) is 3.73. The van der Waals surface area contributed by atoms with Gasteiger partial charge in [0.25, 0.3) is 0 Å². The summed E-state index contributed by atoms with van der Waals surface area (Å²) in [5, 5.41) is 3.52. The molecule has 0 saturated heterocycles. The number of rotatable bonds is 1. The molecule has 0 aliphatic rings. The molecule has 2 rings (SSSR count). The van der Waals surface area contributed by atoms with E-state index in [1.807, 2.05) is 11.4 Å². The number of benzene rings is 1. The lowest BCUT2D eigenvalue weighted by Gasteiger charge is -2.05. The number of ether oxygens (including phenoxy) is 1. The lowest BCUT2D eigenvalue weighted by atomic mass is 10.2. The van der Waals surface area contributed by atoms with Crippen molar-refractivity contribution in [2.75, 3.05) is 12.8 Å². The smallest absolute Gasteiger partial charge is 0.146 e. The van der Waals surface area contributed by atoms with Crippen LogP contribution in [0, 0.1) is 0 Å². The molecule has 1 aromatic heterocycles. The highest BCUT2D eigenvalue weighted by Crippen LogP contribution is 2.39. The van der Waals surface area contributed by atoms with Crippen LogP contribution in [-0.4, -0.2) is 7.11 Å². The van der Waals surface area contributed by atoms with Crippen molar-refractivity contribution in [1.29, 1.82) is 0 Å². The second kappa shape index (κ2) is 3.09. The molecular formula is C9H8ClNOS. The maximum atomic E-state index is 5.97. The molecule has 1 aromatic carbocycles. The molecule has 13 heavy (non-hydrogen) atoms. The van der Waals surface area contributed by atoms with Gasteiger partial charge in [0.2, 0.25) is 0 Å². The molecule has 0 unspecified atom stereocenters. The molecule has 0 amide bonds. The summed E-state index contributed by atoms with van der Waals surface area (Å²) in [7, 11) is 1.61. The van der Waals surface area contributed by atoms with Crippen LogP contribution in [0.1, 0.15) is 0 Å². The van der Waals surface area contributed by atoms with E-state index >= 15 is 0 Å². The summed E-state index contributed by atoms with van der Waals surface area (Å²) in [4.78, 5) is 0. The third kappa shape index (κ3) is 1.24. The van der Waals surface area contributed by atoms with Gasteiger partial charge in [-0.2, -0.15) is 0 Å². The molecule has 0 radical (unpaired) electrons. The first-order valence-corrected chi connectivity index (χ1v) is 4.99. The maximum Gasteiger partial charge on any atom is 0.146 e. The molecule has 2 nitrogen and oxygen atoms in total. The van der Waals surface area contributed by atoms with E-state index in [0.717, 1.165) is 10.1 Å². The number of anilines is 1. The van der Waals surface area contributed by atoms with Crippen molar-refractivity contribution in [3.05, 3.63) is 22.5 Å². The van der Waals surface area contributed by atoms with Gasteiger partial charge in [-0.3, -0.25) is 0 Å². The second-order valence-electron chi connectivity index (χ2n) is 2.64. The Bertz CT molecular complexity index is 452. The predicted octanol–water partition coefficient (Wildman–Crippen LogP) is 3.15. The number of hydrogen-bond acceptors (Lipinski definition) is 3. The summed E-state index contributed by atoms with van der Waals surface area (Å²) in [6.07, 6.45) is 0. The summed E-state index contributed by atoms with van der Waals surface area (Å²) in [6.45, 7) is 0. The van der Waals surface area contributed by atoms with Crippen LogP contribution in [-0.2, 0) is 0 Å². The number of nitrogen functional groups attached to an aromatic ring is 1. The van der Waals surface area contributed by atoms with Crippen molar-refractivity contribution in [1.82, 2.24) is 0 Å². The zero-order valence-electron chi connectivity index (χ0n) is 7.00. The summed E-state index contributed by atoms with van der Waals surface area (Å²) < 4.78 is 6.22. The Morgan fingerprint density at radius 1 is 1.54 bits per heavy atom. The van der Waals surface area contributed by atoms with Crippen LogP contribution < -0.4 is 10.5 Å². The predicted molar refractivity (Wildman–Crippen MR) is 57.8 cm³/mol. The number of methoxy groups -OCH3 is 1. The Morgan fingerprint density at radius 2 is 2.31 bits per heavy atom. The number of thiophene rings is 1. The maximum absolute atomic E-state index is 5.97. The van der Waals surface area contributed by atoms with Crippen LogP contribution in [0.3, 0.4) is 0 Å². The molecule has 1 heterocycles. The average molecular weight is 214 g/mol. The zero-order valence-corrected chi connectivity index (χ0v) is 8.58. The van der Waals surface area contributed by atoms with Crippen molar-refractivity contribution in [2.45, 2.75) is 0 Å². The van der Waals surface area contributed by atoms with E-state index in [2.05, 4.69) is 0 Å². The summed E-state index contributed by atoms with van der Waals surface area (Å²) in [5.41, 5.74) is 6.50. The topological polar surface area (TPSA) is 35.2 Å². The van der Waals surface area contributed by atoms with Gasteiger partial charge in [0.1, 0.15) is 5.75 Å². The molecular weight excluding hydrogens is 206 g/mol. The molecule has 0 spiro atoms. The van der Waals surface area contributed by atoms with E-state index in [0.29, 0.717) is 16.5 Å². The minimum absolute atomic E-state index is 0.561. The standard InChI is InChI=1S/C9H8ClNOS/c1-12-8-5-2-3-13-9(5)7(11)4-6(8)10/h2-4H,11H2,1H3. The number of nitrogens with two attached hydrogens (primary N) is 1. The molecule has 2 aromatic rings. The Morgan fingerprint density at radius 3 is 3.00 bits per heavy atom. The van der Waals surface area contributed by atoms with E-state index < -0.39 is 0 Å². The molecule has 68 valence electrons. The van der Waals surface area contributed by atoms with E-state index in [4.69, 9.17) is 22.1 Å². The SMILES string of the molecule is COc1c(Cl)cc(N)c2sccc12. The first kappa shape index (κ1) is 8.66. The van der Waals surface area contributed by atoms with Crippen molar-refractivity contribution in [3.8, 4) is 5.75 Å². The van der Waals surface area contributed by atoms with Crippen LogP contribution in [0.4, 0.5) is 5.69 Å². The van der Waals surface area contributed by atoms with Gasteiger partial charge >= 0.3 is 0 Å². The van der Waals surface area contributed by atoms with Crippen LogP contribution >= 0.6 is 22.9 Å². The van der Waals surface area contributed by atoms with E-state index in [9.17, 15) is 0 Å². The Balaban J connectivity index is 2.88. The monoisotopic (exact) mass is 213 g/mol. The fraction of sp³-hybridized carbons (Fsp3) is 0.111. The fourth-order valence-corrected chi connectivity index (χ4v) is 2.43. The molecule has 0 fully saturated rings. The molecule has 0 saturated carbocycles. The summed E-state index contributed by atoms with van der Waals surface area (Å²) in [6, 6.07) is 3.68. The third-order valence-electron chi connectivity index (χ3n) is 1.88. The van der Waals surface area contributed by atoms with Crippen molar-refractivity contribution in [2.24, 2.45) is 0 Å². The van der Waals surface area contributed by atoms with Crippen LogP contribution in [0.25, 0.3) is 10.1 Å². The van der Waals surface area contributed by atoms with Gasteiger partial charge in [0.05, 0.1) is 22.5 Å². The molecule has 0 aliphatic carbocycles. The Hall–Kier alpha value is -0.930. The fourth-order valence-electron chi connectivity index (χ4n) is 1.32. The molecule has 2 N–H and O–H groups in total. The average Bonchev–Trinajstić information content (AvgIpc) is 2.53. The lowest BCUT2D eigenvalue weighted by molar-refractivity contribution is 0.420. The van der Waals surface area contributed by atoms with E-state index in [1.165, 1.54) is 0 Å². The largest absolute Gasteiger partial charge is 0.495 e. The van der Waals surface area contributed by atoms with Crippen molar-refractivity contribution >= 4 is 38.7 Å². The number of halogens is 1. The van der Waals surface area contributed by atoms with Crippen LogP contribution in [0.15, 0.2) is 17.5 Å². The number of fused-ring (bicyclic) bond motifs is 1. The third-order valence-corrected chi connectivity index (χ3v) is 3.12. The van der Waals surface area contributed by atoms with E-state index in [1.54, 1.807) is 24.5 Å². The Kier molecular flexibility index (Phi) is 2.06. The second-order valence-corrected chi connectivity index (χ2v) is 3.97. The highest BCUT2D eigenvalue weighted by molar-refractivity contribution is 7.17.